The van der Waals surface area contributed by atoms with Crippen molar-refractivity contribution in [2.24, 2.45) is 0 Å². The second-order valence-corrected chi connectivity index (χ2v) is 3.86. The smallest absolute Gasteiger partial charge is 0.320 e. The average Bonchev–Trinajstić information content (AvgIpc) is 2.59. The van der Waals surface area contributed by atoms with Crippen LogP contribution in [0.2, 0.25) is 0 Å². The summed E-state index contributed by atoms with van der Waals surface area (Å²) in [6.07, 6.45) is 4.29. The number of carbonyl (C=O) groups is 1. The molecule has 0 radical (unpaired) electrons. The molecule has 1 aromatic rings. The van der Waals surface area contributed by atoms with Crippen molar-refractivity contribution < 1.29 is 4.79 Å². The fourth-order valence-corrected chi connectivity index (χ4v) is 1.50. The third kappa shape index (κ3) is 2.49. The Kier molecular flexibility index (Phi) is 2.89. The molecule has 1 aromatic heterocycles. The van der Waals surface area contributed by atoms with Crippen molar-refractivity contribution in [2.45, 2.75) is 38.6 Å². The molecular formula is C10H16N4O. The highest BCUT2D eigenvalue weighted by molar-refractivity contribution is 5.88. The Morgan fingerprint density at radius 2 is 2.47 bits per heavy atom. The normalized spacial score (nSPS) is 15.8. The number of nitrogens with one attached hydrogen (secondary N) is 3. The molecule has 1 fully saturated rings. The van der Waals surface area contributed by atoms with Gasteiger partial charge in [0.2, 0.25) is 0 Å². The van der Waals surface area contributed by atoms with Crippen LogP contribution in [-0.2, 0) is 6.42 Å². The number of amides is 2. The highest BCUT2D eigenvalue weighted by atomic mass is 16.2. The van der Waals surface area contributed by atoms with Crippen LogP contribution >= 0.6 is 0 Å². The molecule has 5 heteroatoms. The molecule has 0 saturated heterocycles. The third-order valence-electron chi connectivity index (χ3n) is 2.69. The fourth-order valence-electron chi connectivity index (χ4n) is 1.50. The summed E-state index contributed by atoms with van der Waals surface area (Å²) in [6.45, 7) is 2.03. The van der Waals surface area contributed by atoms with E-state index in [2.05, 4.69) is 20.8 Å². The van der Waals surface area contributed by atoms with E-state index in [0.717, 1.165) is 25.0 Å². The second kappa shape index (κ2) is 4.33. The van der Waals surface area contributed by atoms with E-state index in [-0.39, 0.29) is 6.03 Å². The Hall–Kier alpha value is -1.52. The maximum atomic E-state index is 11.4. The maximum absolute atomic E-state index is 11.4. The van der Waals surface area contributed by atoms with Crippen LogP contribution in [0, 0.1) is 0 Å². The molecule has 0 unspecified atom stereocenters. The van der Waals surface area contributed by atoms with Crippen LogP contribution in [0.15, 0.2) is 6.07 Å². The number of nitrogens with zero attached hydrogens (tertiary/aromatic N) is 1. The van der Waals surface area contributed by atoms with Gasteiger partial charge in [-0.05, 0) is 25.7 Å². The molecule has 1 heterocycles. The zero-order valence-corrected chi connectivity index (χ0v) is 8.84. The van der Waals surface area contributed by atoms with Crippen LogP contribution in [0.4, 0.5) is 10.6 Å². The molecule has 5 nitrogen and oxygen atoms in total. The minimum absolute atomic E-state index is 0.158. The van der Waals surface area contributed by atoms with E-state index in [9.17, 15) is 4.79 Å². The van der Waals surface area contributed by atoms with E-state index < -0.39 is 0 Å². The average molecular weight is 208 g/mol. The van der Waals surface area contributed by atoms with E-state index in [1.165, 1.54) is 6.42 Å². The van der Waals surface area contributed by atoms with Crippen molar-refractivity contribution in [3.05, 3.63) is 11.8 Å². The molecule has 2 rings (SSSR count). The van der Waals surface area contributed by atoms with Gasteiger partial charge in [-0.25, -0.2) is 4.79 Å². The zero-order chi connectivity index (χ0) is 10.7. The lowest BCUT2D eigenvalue weighted by atomic mass is 9.93. The zero-order valence-electron chi connectivity index (χ0n) is 8.84. The molecule has 0 bridgehead atoms. The van der Waals surface area contributed by atoms with E-state index in [1.807, 2.05) is 13.0 Å². The lowest BCUT2D eigenvalue weighted by Gasteiger charge is -2.26. The molecule has 15 heavy (non-hydrogen) atoms. The molecular weight excluding hydrogens is 192 g/mol. The first-order valence-electron chi connectivity index (χ1n) is 5.39. The first kappa shape index (κ1) is 10.0. The van der Waals surface area contributed by atoms with Crippen molar-refractivity contribution in [2.75, 3.05) is 5.32 Å². The van der Waals surface area contributed by atoms with Crippen LogP contribution in [0.25, 0.3) is 0 Å². The van der Waals surface area contributed by atoms with Crippen LogP contribution in [0.3, 0.4) is 0 Å². The summed E-state index contributed by atoms with van der Waals surface area (Å²) in [5.74, 6) is 0.587. The number of carbonyl (C=O) groups excluding carboxylic acids is 1. The molecule has 1 aliphatic carbocycles. The summed E-state index contributed by atoms with van der Waals surface area (Å²) in [5.41, 5.74) is 1.02. The number of H-pyrrole nitrogens is 1. The fraction of sp³-hybridized carbons (Fsp3) is 0.600. The number of hydrogen-bond donors (Lipinski definition) is 3. The Bertz CT molecular complexity index is 343. The highest BCUT2D eigenvalue weighted by Gasteiger charge is 2.19. The Morgan fingerprint density at radius 3 is 3.00 bits per heavy atom. The minimum Gasteiger partial charge on any atom is -0.335 e. The quantitative estimate of drug-likeness (QED) is 0.706. The molecule has 1 saturated carbocycles. The van der Waals surface area contributed by atoms with Crippen molar-refractivity contribution in [1.29, 1.82) is 0 Å². The first-order valence-corrected chi connectivity index (χ1v) is 5.39. The maximum Gasteiger partial charge on any atom is 0.320 e. The molecule has 0 atom stereocenters. The molecule has 82 valence electrons. The van der Waals surface area contributed by atoms with Crippen molar-refractivity contribution in [3.63, 3.8) is 0 Å². The van der Waals surface area contributed by atoms with E-state index >= 15 is 0 Å². The van der Waals surface area contributed by atoms with Crippen LogP contribution in [-0.4, -0.2) is 22.3 Å². The number of hydrogen-bond acceptors (Lipinski definition) is 2. The van der Waals surface area contributed by atoms with Crippen LogP contribution in [0.1, 0.15) is 31.9 Å². The highest BCUT2D eigenvalue weighted by Crippen LogP contribution is 2.18. The molecule has 1 aliphatic rings. The van der Waals surface area contributed by atoms with E-state index in [0.29, 0.717) is 11.9 Å². The predicted molar refractivity (Wildman–Crippen MR) is 57.8 cm³/mol. The van der Waals surface area contributed by atoms with Gasteiger partial charge in [-0.3, -0.25) is 10.4 Å². The number of anilines is 1. The minimum atomic E-state index is -0.158. The topological polar surface area (TPSA) is 69.8 Å². The van der Waals surface area contributed by atoms with Crippen LogP contribution in [0.5, 0.6) is 0 Å². The summed E-state index contributed by atoms with van der Waals surface area (Å²) in [6, 6.07) is 2.05. The summed E-state index contributed by atoms with van der Waals surface area (Å²) in [7, 11) is 0. The first-order chi connectivity index (χ1) is 7.28. The number of aryl methyl sites for hydroxylation is 1. The monoisotopic (exact) mass is 208 g/mol. The Morgan fingerprint density at radius 1 is 1.67 bits per heavy atom. The van der Waals surface area contributed by atoms with E-state index in [4.69, 9.17) is 0 Å². The Balaban J connectivity index is 1.82. The van der Waals surface area contributed by atoms with Gasteiger partial charge in [0.25, 0.3) is 0 Å². The van der Waals surface area contributed by atoms with Gasteiger partial charge in [-0.2, -0.15) is 5.10 Å². The standard InChI is InChI=1S/C10H16N4O/c1-2-7-6-9(14-13-7)12-10(15)11-8-4-3-5-8/h6,8H,2-5H2,1H3,(H3,11,12,13,14,15). The Labute approximate surface area is 88.6 Å². The second-order valence-electron chi connectivity index (χ2n) is 3.86. The van der Waals surface area contributed by atoms with Crippen molar-refractivity contribution >= 4 is 11.8 Å². The lowest BCUT2D eigenvalue weighted by Crippen LogP contribution is -2.41. The number of rotatable bonds is 3. The van der Waals surface area contributed by atoms with Gasteiger partial charge in [-0.1, -0.05) is 6.92 Å². The molecule has 0 spiro atoms. The van der Waals surface area contributed by atoms with Crippen molar-refractivity contribution in [3.8, 4) is 0 Å². The molecule has 0 aliphatic heterocycles. The van der Waals surface area contributed by atoms with Gasteiger partial charge in [0.1, 0.15) is 0 Å². The van der Waals surface area contributed by atoms with Crippen molar-refractivity contribution in [1.82, 2.24) is 15.5 Å². The van der Waals surface area contributed by atoms with Crippen LogP contribution < -0.4 is 10.6 Å². The van der Waals surface area contributed by atoms with Gasteiger partial charge in [0.05, 0.1) is 0 Å². The summed E-state index contributed by atoms with van der Waals surface area (Å²) < 4.78 is 0. The lowest BCUT2D eigenvalue weighted by molar-refractivity contribution is 0.240. The summed E-state index contributed by atoms with van der Waals surface area (Å²) in [5, 5.41) is 12.4. The van der Waals surface area contributed by atoms with Gasteiger partial charge in [-0.15, -0.1) is 0 Å². The van der Waals surface area contributed by atoms with E-state index in [1.54, 1.807) is 0 Å². The summed E-state index contributed by atoms with van der Waals surface area (Å²) in [4.78, 5) is 11.4. The molecule has 3 N–H and O–H groups in total. The number of aromatic amines is 1. The van der Waals surface area contributed by atoms with Gasteiger partial charge < -0.3 is 5.32 Å². The predicted octanol–water partition coefficient (Wildman–Crippen LogP) is 1.65. The van der Waals surface area contributed by atoms with Gasteiger partial charge in [0.15, 0.2) is 5.82 Å². The summed E-state index contributed by atoms with van der Waals surface area (Å²) >= 11 is 0. The van der Waals surface area contributed by atoms with Gasteiger partial charge >= 0.3 is 6.03 Å². The SMILES string of the molecule is CCc1cc(NC(=O)NC2CCC2)n[nH]1. The van der Waals surface area contributed by atoms with Gasteiger partial charge in [0, 0.05) is 17.8 Å². The third-order valence-corrected chi connectivity index (χ3v) is 2.69. The number of urea groups is 1. The molecule has 2 amide bonds. The number of aromatic nitrogens is 2. The largest absolute Gasteiger partial charge is 0.335 e. The molecule has 0 aromatic carbocycles.